The SMILES string of the molecule is Cn1c(-c2ccc(NC(=O)CCCNC(=O)c3ccco3)cc2)nc2ccccc21. The molecular formula is C23H22N4O3. The van der Waals surface area contributed by atoms with Crippen molar-refractivity contribution in [2.45, 2.75) is 12.8 Å². The second-order valence-corrected chi connectivity index (χ2v) is 6.95. The normalized spacial score (nSPS) is 10.8. The number of carbonyl (C=O) groups excluding carboxylic acids is 2. The van der Waals surface area contributed by atoms with Gasteiger partial charge in [-0.25, -0.2) is 4.98 Å². The van der Waals surface area contributed by atoms with Crippen molar-refractivity contribution in [2.24, 2.45) is 7.05 Å². The number of amides is 2. The zero-order valence-corrected chi connectivity index (χ0v) is 16.6. The van der Waals surface area contributed by atoms with Gasteiger partial charge in [-0.15, -0.1) is 0 Å². The number of fused-ring (bicyclic) bond motifs is 1. The van der Waals surface area contributed by atoms with Gasteiger partial charge in [0.05, 0.1) is 17.3 Å². The average molecular weight is 402 g/mol. The second-order valence-electron chi connectivity index (χ2n) is 6.95. The third-order valence-corrected chi connectivity index (χ3v) is 4.83. The molecule has 7 heteroatoms. The summed E-state index contributed by atoms with van der Waals surface area (Å²) in [4.78, 5) is 28.6. The molecule has 2 aromatic heterocycles. The molecule has 0 radical (unpaired) electrons. The molecule has 4 rings (SSSR count). The van der Waals surface area contributed by atoms with E-state index < -0.39 is 0 Å². The van der Waals surface area contributed by atoms with E-state index in [4.69, 9.17) is 9.40 Å². The van der Waals surface area contributed by atoms with Crippen LogP contribution in [0.5, 0.6) is 0 Å². The second kappa shape index (κ2) is 8.65. The molecule has 0 spiro atoms. The summed E-state index contributed by atoms with van der Waals surface area (Å²) in [5, 5.41) is 5.60. The molecule has 2 aromatic carbocycles. The molecule has 0 bridgehead atoms. The van der Waals surface area contributed by atoms with E-state index in [1.807, 2.05) is 55.6 Å². The van der Waals surface area contributed by atoms with Gasteiger partial charge in [-0.05, 0) is 55.0 Å². The van der Waals surface area contributed by atoms with E-state index in [1.165, 1.54) is 6.26 Å². The molecule has 152 valence electrons. The van der Waals surface area contributed by atoms with Gasteiger partial charge in [0.15, 0.2) is 5.76 Å². The number of para-hydroxylation sites is 2. The minimum absolute atomic E-state index is 0.0993. The number of nitrogens with zero attached hydrogens (tertiary/aromatic N) is 2. The number of carbonyl (C=O) groups is 2. The van der Waals surface area contributed by atoms with E-state index in [0.29, 0.717) is 19.4 Å². The maximum atomic E-state index is 12.2. The molecule has 2 N–H and O–H groups in total. The lowest BCUT2D eigenvalue weighted by Gasteiger charge is -2.07. The van der Waals surface area contributed by atoms with Crippen LogP contribution in [0, 0.1) is 0 Å². The number of aryl methyl sites for hydroxylation is 1. The smallest absolute Gasteiger partial charge is 0.286 e. The van der Waals surface area contributed by atoms with Crippen LogP contribution in [0.3, 0.4) is 0 Å². The molecule has 0 saturated heterocycles. The van der Waals surface area contributed by atoms with Gasteiger partial charge in [0.2, 0.25) is 5.91 Å². The fourth-order valence-electron chi connectivity index (χ4n) is 3.28. The molecular weight excluding hydrogens is 380 g/mol. The molecule has 0 aliphatic rings. The Hall–Kier alpha value is -3.87. The summed E-state index contributed by atoms with van der Waals surface area (Å²) in [6.07, 6.45) is 2.30. The van der Waals surface area contributed by atoms with Crippen LogP contribution in [-0.2, 0) is 11.8 Å². The molecule has 0 aliphatic heterocycles. The fraction of sp³-hybridized carbons (Fsp3) is 0.174. The van der Waals surface area contributed by atoms with Gasteiger partial charge in [0.1, 0.15) is 5.82 Å². The maximum Gasteiger partial charge on any atom is 0.286 e. The first-order valence-electron chi connectivity index (χ1n) is 9.75. The Bertz CT molecular complexity index is 1160. The van der Waals surface area contributed by atoms with Crippen LogP contribution >= 0.6 is 0 Å². The molecule has 2 heterocycles. The minimum atomic E-state index is -0.280. The highest BCUT2D eigenvalue weighted by Gasteiger charge is 2.10. The Balaban J connectivity index is 1.29. The van der Waals surface area contributed by atoms with E-state index in [-0.39, 0.29) is 17.6 Å². The van der Waals surface area contributed by atoms with Gasteiger partial charge >= 0.3 is 0 Å². The number of furan rings is 1. The van der Waals surface area contributed by atoms with E-state index >= 15 is 0 Å². The van der Waals surface area contributed by atoms with Crippen molar-refractivity contribution < 1.29 is 14.0 Å². The third-order valence-electron chi connectivity index (χ3n) is 4.83. The van der Waals surface area contributed by atoms with Crippen molar-refractivity contribution in [3.63, 3.8) is 0 Å². The molecule has 4 aromatic rings. The van der Waals surface area contributed by atoms with Crippen molar-refractivity contribution >= 4 is 28.5 Å². The lowest BCUT2D eigenvalue weighted by molar-refractivity contribution is -0.116. The number of anilines is 1. The molecule has 0 aliphatic carbocycles. The van der Waals surface area contributed by atoms with Crippen LogP contribution in [0.25, 0.3) is 22.4 Å². The first-order valence-corrected chi connectivity index (χ1v) is 9.75. The van der Waals surface area contributed by atoms with Crippen LogP contribution in [0.2, 0.25) is 0 Å². The highest BCUT2D eigenvalue weighted by Crippen LogP contribution is 2.24. The average Bonchev–Trinajstić information content (AvgIpc) is 3.41. The number of benzene rings is 2. The largest absolute Gasteiger partial charge is 0.459 e. The number of nitrogens with one attached hydrogen (secondary N) is 2. The van der Waals surface area contributed by atoms with Crippen LogP contribution in [0.1, 0.15) is 23.4 Å². The summed E-state index contributed by atoms with van der Waals surface area (Å²) in [6.45, 7) is 0.401. The Kier molecular flexibility index (Phi) is 5.61. The summed E-state index contributed by atoms with van der Waals surface area (Å²) in [5.74, 6) is 0.761. The van der Waals surface area contributed by atoms with E-state index in [2.05, 4.69) is 15.2 Å². The third kappa shape index (κ3) is 4.25. The summed E-state index contributed by atoms with van der Waals surface area (Å²) in [7, 11) is 1.99. The summed E-state index contributed by atoms with van der Waals surface area (Å²) < 4.78 is 7.08. The lowest BCUT2D eigenvalue weighted by atomic mass is 10.2. The maximum absolute atomic E-state index is 12.2. The number of hydrogen-bond donors (Lipinski definition) is 2. The minimum Gasteiger partial charge on any atom is -0.459 e. The van der Waals surface area contributed by atoms with Gasteiger partial charge in [-0.3, -0.25) is 9.59 Å². The zero-order chi connectivity index (χ0) is 20.9. The zero-order valence-electron chi connectivity index (χ0n) is 16.6. The Morgan fingerprint density at radius 3 is 2.57 bits per heavy atom. The van der Waals surface area contributed by atoms with E-state index in [1.54, 1.807) is 12.1 Å². The van der Waals surface area contributed by atoms with Crippen molar-refractivity contribution in [3.05, 3.63) is 72.7 Å². The molecule has 2 amide bonds. The van der Waals surface area contributed by atoms with Gasteiger partial charge in [-0.1, -0.05) is 12.1 Å². The summed E-state index contributed by atoms with van der Waals surface area (Å²) >= 11 is 0. The van der Waals surface area contributed by atoms with Crippen molar-refractivity contribution in [2.75, 3.05) is 11.9 Å². The standard InChI is InChI=1S/C23H22N4O3/c1-27-19-7-3-2-6-18(19)26-22(27)16-10-12-17(13-11-16)25-21(28)9-4-14-24-23(29)20-8-5-15-30-20/h2-3,5-8,10-13,15H,4,9,14H2,1H3,(H,24,29)(H,25,28). The number of rotatable bonds is 7. The van der Waals surface area contributed by atoms with Gasteiger partial charge in [0.25, 0.3) is 5.91 Å². The first-order chi connectivity index (χ1) is 14.6. The van der Waals surface area contributed by atoms with Crippen molar-refractivity contribution in [1.82, 2.24) is 14.9 Å². The Labute approximate surface area is 173 Å². The number of aromatic nitrogens is 2. The fourth-order valence-corrected chi connectivity index (χ4v) is 3.28. The topological polar surface area (TPSA) is 89.2 Å². The lowest BCUT2D eigenvalue weighted by Crippen LogP contribution is -2.25. The van der Waals surface area contributed by atoms with E-state index in [9.17, 15) is 9.59 Å². The van der Waals surface area contributed by atoms with Gasteiger partial charge in [0, 0.05) is 31.3 Å². The van der Waals surface area contributed by atoms with Crippen LogP contribution in [-0.4, -0.2) is 27.9 Å². The van der Waals surface area contributed by atoms with Gasteiger partial charge < -0.3 is 19.6 Å². The van der Waals surface area contributed by atoms with Crippen LogP contribution in [0.4, 0.5) is 5.69 Å². The van der Waals surface area contributed by atoms with Crippen molar-refractivity contribution in [3.8, 4) is 11.4 Å². The van der Waals surface area contributed by atoms with Gasteiger partial charge in [-0.2, -0.15) is 0 Å². The van der Waals surface area contributed by atoms with Crippen LogP contribution < -0.4 is 10.6 Å². The Morgan fingerprint density at radius 1 is 1.03 bits per heavy atom. The quantitative estimate of drug-likeness (QED) is 0.458. The number of hydrogen-bond acceptors (Lipinski definition) is 4. The summed E-state index contributed by atoms with van der Waals surface area (Å²) in [6, 6.07) is 18.9. The molecule has 0 unspecified atom stereocenters. The molecule has 0 atom stereocenters. The van der Waals surface area contributed by atoms with Crippen LogP contribution in [0.15, 0.2) is 71.3 Å². The summed E-state index contributed by atoms with van der Waals surface area (Å²) in [5.41, 5.74) is 3.73. The van der Waals surface area contributed by atoms with E-state index in [0.717, 1.165) is 28.1 Å². The molecule has 7 nitrogen and oxygen atoms in total. The predicted molar refractivity (Wildman–Crippen MR) is 115 cm³/mol. The molecule has 30 heavy (non-hydrogen) atoms. The Morgan fingerprint density at radius 2 is 1.83 bits per heavy atom. The number of imidazole rings is 1. The highest BCUT2D eigenvalue weighted by atomic mass is 16.3. The monoisotopic (exact) mass is 402 g/mol. The van der Waals surface area contributed by atoms with Crippen molar-refractivity contribution in [1.29, 1.82) is 0 Å². The molecule has 0 saturated carbocycles. The first kappa shape index (κ1) is 19.4. The molecule has 0 fully saturated rings. The highest BCUT2D eigenvalue weighted by molar-refractivity contribution is 5.92. The predicted octanol–water partition coefficient (Wildman–Crippen LogP) is 3.98.